The molecule has 5 heteroatoms. The van der Waals surface area contributed by atoms with Crippen LogP contribution in [0.5, 0.6) is 0 Å². The van der Waals surface area contributed by atoms with Crippen LogP contribution in [0.1, 0.15) is 29.6 Å². The zero-order valence-corrected chi connectivity index (χ0v) is 14.7. The van der Waals surface area contributed by atoms with E-state index < -0.39 is 0 Å². The van der Waals surface area contributed by atoms with E-state index in [1.54, 1.807) is 6.20 Å². The molecule has 0 aliphatic rings. The van der Waals surface area contributed by atoms with Crippen LogP contribution in [0.3, 0.4) is 0 Å². The molecule has 0 atom stereocenters. The summed E-state index contributed by atoms with van der Waals surface area (Å²) in [7, 11) is 0. The number of nitrogens with zero attached hydrogens (tertiary/aromatic N) is 1. The van der Waals surface area contributed by atoms with Gasteiger partial charge in [-0.3, -0.25) is 9.78 Å². The second-order valence-electron chi connectivity index (χ2n) is 6.22. The van der Waals surface area contributed by atoms with Crippen LogP contribution in [0, 0.1) is 0 Å². The number of unbranched alkanes of at least 4 members (excludes halogenated alkanes) is 2. The number of carbonyl (C=O) groups excluding carboxylic acids is 1. The molecule has 0 saturated carbocycles. The van der Waals surface area contributed by atoms with Crippen LogP contribution in [0.4, 0.5) is 11.4 Å². The molecular formula is C21H24N4O. The molecule has 0 aliphatic carbocycles. The minimum Gasteiger partial charge on any atom is -0.396 e. The van der Waals surface area contributed by atoms with Crippen molar-refractivity contribution in [2.75, 3.05) is 24.1 Å². The Hall–Kier alpha value is -3.08. The van der Waals surface area contributed by atoms with Gasteiger partial charge in [0.25, 0.3) is 5.91 Å². The van der Waals surface area contributed by atoms with Gasteiger partial charge in [-0.2, -0.15) is 0 Å². The smallest absolute Gasteiger partial charge is 0.251 e. The summed E-state index contributed by atoms with van der Waals surface area (Å²) in [6.07, 6.45) is 4.69. The monoisotopic (exact) mass is 348 g/mol. The Morgan fingerprint density at radius 2 is 1.65 bits per heavy atom. The van der Waals surface area contributed by atoms with Gasteiger partial charge in [0, 0.05) is 24.0 Å². The summed E-state index contributed by atoms with van der Waals surface area (Å²) in [5.74, 6) is -0.0141. The van der Waals surface area contributed by atoms with E-state index in [4.69, 9.17) is 5.73 Å². The predicted molar refractivity (Wildman–Crippen MR) is 107 cm³/mol. The van der Waals surface area contributed by atoms with E-state index in [-0.39, 0.29) is 5.91 Å². The first-order chi connectivity index (χ1) is 12.8. The van der Waals surface area contributed by atoms with Gasteiger partial charge in [0.15, 0.2) is 0 Å². The van der Waals surface area contributed by atoms with E-state index in [1.807, 2.05) is 54.6 Å². The number of pyridine rings is 1. The molecule has 3 aromatic rings. The van der Waals surface area contributed by atoms with E-state index in [9.17, 15) is 4.79 Å². The van der Waals surface area contributed by atoms with Crippen molar-refractivity contribution in [3.8, 4) is 0 Å². The highest BCUT2D eigenvalue weighted by Gasteiger charge is 2.06. The maximum absolute atomic E-state index is 11.9. The molecule has 0 radical (unpaired) electrons. The van der Waals surface area contributed by atoms with Crippen LogP contribution in [-0.4, -0.2) is 24.0 Å². The molecule has 0 saturated heterocycles. The largest absolute Gasteiger partial charge is 0.396 e. The molecule has 0 aliphatic heterocycles. The number of carbonyl (C=O) groups is 1. The Morgan fingerprint density at radius 1 is 0.923 bits per heavy atom. The van der Waals surface area contributed by atoms with Crippen LogP contribution in [0.15, 0.2) is 60.8 Å². The van der Waals surface area contributed by atoms with Crippen LogP contribution < -0.4 is 16.4 Å². The Labute approximate surface area is 153 Å². The lowest BCUT2D eigenvalue weighted by Crippen LogP contribution is -2.24. The minimum atomic E-state index is -0.0141. The van der Waals surface area contributed by atoms with Crippen molar-refractivity contribution in [1.29, 1.82) is 0 Å². The van der Waals surface area contributed by atoms with Crippen molar-refractivity contribution in [3.63, 3.8) is 0 Å². The number of anilines is 2. The zero-order chi connectivity index (χ0) is 18.2. The molecule has 1 heterocycles. The van der Waals surface area contributed by atoms with Gasteiger partial charge in [-0.25, -0.2) is 0 Å². The molecule has 5 nitrogen and oxygen atoms in total. The van der Waals surface area contributed by atoms with E-state index in [0.717, 1.165) is 42.4 Å². The number of hydrogen-bond acceptors (Lipinski definition) is 4. The van der Waals surface area contributed by atoms with Gasteiger partial charge in [-0.05, 0) is 37.5 Å². The molecule has 0 unspecified atom stereocenters. The Morgan fingerprint density at radius 3 is 2.50 bits per heavy atom. The van der Waals surface area contributed by atoms with Crippen LogP contribution in [-0.2, 0) is 0 Å². The fourth-order valence-electron chi connectivity index (χ4n) is 2.89. The second kappa shape index (κ2) is 8.85. The molecule has 1 amide bonds. The molecule has 134 valence electrons. The van der Waals surface area contributed by atoms with Gasteiger partial charge in [0.1, 0.15) is 0 Å². The average Bonchev–Trinajstić information content (AvgIpc) is 2.69. The van der Waals surface area contributed by atoms with E-state index in [0.29, 0.717) is 17.8 Å². The van der Waals surface area contributed by atoms with E-state index >= 15 is 0 Å². The van der Waals surface area contributed by atoms with Crippen molar-refractivity contribution >= 4 is 28.2 Å². The lowest BCUT2D eigenvalue weighted by atomic mass is 10.1. The molecule has 0 fully saturated rings. The number of benzene rings is 2. The van der Waals surface area contributed by atoms with E-state index in [1.165, 1.54) is 0 Å². The summed E-state index contributed by atoms with van der Waals surface area (Å²) in [6.45, 7) is 1.53. The highest BCUT2D eigenvalue weighted by molar-refractivity contribution is 5.96. The number of rotatable bonds is 8. The zero-order valence-electron chi connectivity index (χ0n) is 14.7. The average molecular weight is 348 g/mol. The summed E-state index contributed by atoms with van der Waals surface area (Å²) in [5, 5.41) is 7.43. The first-order valence-corrected chi connectivity index (χ1v) is 8.96. The number of nitrogens with two attached hydrogens (primary N) is 1. The maximum atomic E-state index is 11.9. The standard InChI is InChI=1S/C21H24N4O/c22-18-15-25-19-12-6-5-11-17(19)20(18)23-13-7-2-8-14-24-21(26)16-9-3-1-4-10-16/h1,3-6,9-12,15H,2,7-8,13-14,22H2,(H,23,25)(H,24,26). The third kappa shape index (κ3) is 4.51. The molecule has 26 heavy (non-hydrogen) atoms. The highest BCUT2D eigenvalue weighted by Crippen LogP contribution is 2.27. The second-order valence-corrected chi connectivity index (χ2v) is 6.22. The third-order valence-corrected chi connectivity index (χ3v) is 4.28. The molecule has 2 aromatic carbocycles. The first kappa shape index (κ1) is 17.7. The van der Waals surface area contributed by atoms with Crippen molar-refractivity contribution in [3.05, 3.63) is 66.4 Å². The lowest BCUT2D eigenvalue weighted by molar-refractivity contribution is 0.0953. The number of aromatic nitrogens is 1. The van der Waals surface area contributed by atoms with E-state index in [2.05, 4.69) is 15.6 Å². The SMILES string of the molecule is Nc1cnc2ccccc2c1NCCCCCNC(=O)c1ccccc1. The molecular weight excluding hydrogens is 324 g/mol. The summed E-state index contributed by atoms with van der Waals surface area (Å²) in [6, 6.07) is 17.3. The minimum absolute atomic E-state index is 0.0141. The van der Waals surface area contributed by atoms with Crippen molar-refractivity contribution in [2.45, 2.75) is 19.3 Å². The van der Waals surface area contributed by atoms with Crippen molar-refractivity contribution in [2.24, 2.45) is 0 Å². The number of nitrogens with one attached hydrogen (secondary N) is 2. The number of hydrogen-bond donors (Lipinski definition) is 3. The normalized spacial score (nSPS) is 10.6. The van der Waals surface area contributed by atoms with Gasteiger partial charge in [0.05, 0.1) is 23.1 Å². The third-order valence-electron chi connectivity index (χ3n) is 4.28. The Balaban J connectivity index is 1.39. The van der Waals surface area contributed by atoms with Gasteiger partial charge >= 0.3 is 0 Å². The number of nitrogen functional groups attached to an aromatic ring is 1. The maximum Gasteiger partial charge on any atom is 0.251 e. The molecule has 4 N–H and O–H groups in total. The van der Waals surface area contributed by atoms with Gasteiger partial charge in [0.2, 0.25) is 0 Å². The molecule has 1 aromatic heterocycles. The summed E-state index contributed by atoms with van der Waals surface area (Å²) in [5.41, 5.74) is 9.32. The Kier molecular flexibility index (Phi) is 6.04. The van der Waals surface area contributed by atoms with Gasteiger partial charge in [-0.15, -0.1) is 0 Å². The summed E-state index contributed by atoms with van der Waals surface area (Å²) >= 11 is 0. The van der Waals surface area contributed by atoms with Crippen LogP contribution >= 0.6 is 0 Å². The quantitative estimate of drug-likeness (QED) is 0.541. The number of fused-ring (bicyclic) bond motifs is 1. The summed E-state index contributed by atoms with van der Waals surface area (Å²) < 4.78 is 0. The number of amides is 1. The summed E-state index contributed by atoms with van der Waals surface area (Å²) in [4.78, 5) is 16.3. The van der Waals surface area contributed by atoms with Crippen molar-refractivity contribution < 1.29 is 4.79 Å². The van der Waals surface area contributed by atoms with Gasteiger partial charge in [-0.1, -0.05) is 36.4 Å². The topological polar surface area (TPSA) is 80.0 Å². The fraction of sp³-hybridized carbons (Fsp3) is 0.238. The van der Waals surface area contributed by atoms with Gasteiger partial charge < -0.3 is 16.4 Å². The van der Waals surface area contributed by atoms with Crippen molar-refractivity contribution in [1.82, 2.24) is 10.3 Å². The fourth-order valence-corrected chi connectivity index (χ4v) is 2.89. The molecule has 3 rings (SSSR count). The molecule has 0 bridgehead atoms. The number of para-hydroxylation sites is 1. The lowest BCUT2D eigenvalue weighted by Gasteiger charge is -2.12. The Bertz CT molecular complexity index is 864. The first-order valence-electron chi connectivity index (χ1n) is 8.96. The van der Waals surface area contributed by atoms with Crippen LogP contribution in [0.25, 0.3) is 10.9 Å². The molecule has 0 spiro atoms. The highest BCUT2D eigenvalue weighted by atomic mass is 16.1. The van der Waals surface area contributed by atoms with Crippen LogP contribution in [0.2, 0.25) is 0 Å². The predicted octanol–water partition coefficient (Wildman–Crippen LogP) is 3.83.